The van der Waals surface area contributed by atoms with Crippen molar-refractivity contribution in [2.24, 2.45) is 0 Å². The summed E-state index contributed by atoms with van der Waals surface area (Å²) in [6.07, 6.45) is 0. The minimum absolute atomic E-state index is 0.174. The van der Waals surface area contributed by atoms with Gasteiger partial charge in [-0.15, -0.1) is 0 Å². The van der Waals surface area contributed by atoms with E-state index in [1.54, 1.807) is 18.2 Å². The number of fused-ring (bicyclic) bond motifs is 1. The van der Waals surface area contributed by atoms with E-state index >= 15 is 0 Å². The van der Waals surface area contributed by atoms with E-state index in [0.717, 1.165) is 10.8 Å². The molecule has 0 atom stereocenters. The maximum absolute atomic E-state index is 13.8. The van der Waals surface area contributed by atoms with Crippen molar-refractivity contribution in [2.45, 2.75) is 6.61 Å². The van der Waals surface area contributed by atoms with Gasteiger partial charge in [-0.3, -0.25) is 0 Å². The van der Waals surface area contributed by atoms with Gasteiger partial charge >= 0.3 is 0 Å². The summed E-state index contributed by atoms with van der Waals surface area (Å²) in [6.45, 7) is 0.174. The van der Waals surface area contributed by atoms with Crippen LogP contribution in [-0.4, -0.2) is 0 Å². The van der Waals surface area contributed by atoms with Gasteiger partial charge in [-0.2, -0.15) is 0 Å². The maximum atomic E-state index is 13.8. The third-order valence-electron chi connectivity index (χ3n) is 3.32. The molecule has 0 aliphatic carbocycles. The second-order valence-corrected chi connectivity index (χ2v) is 5.64. The van der Waals surface area contributed by atoms with Crippen LogP contribution in [0.2, 0.25) is 0 Å². The highest BCUT2D eigenvalue weighted by atomic mass is 79.9. The van der Waals surface area contributed by atoms with Gasteiger partial charge in [-0.05, 0) is 24.3 Å². The fourth-order valence-electron chi connectivity index (χ4n) is 2.21. The Kier molecular flexibility index (Phi) is 3.80. The van der Waals surface area contributed by atoms with E-state index in [1.165, 1.54) is 6.07 Å². The zero-order valence-electron chi connectivity index (χ0n) is 11.1. The van der Waals surface area contributed by atoms with E-state index in [1.807, 2.05) is 30.3 Å². The van der Waals surface area contributed by atoms with Crippen LogP contribution in [0, 0.1) is 5.82 Å². The summed E-state index contributed by atoms with van der Waals surface area (Å²) < 4.78 is 20.3. The van der Waals surface area contributed by atoms with E-state index in [-0.39, 0.29) is 12.4 Å². The van der Waals surface area contributed by atoms with Gasteiger partial charge in [0.25, 0.3) is 0 Å². The smallest absolute Gasteiger partial charge is 0.130 e. The SMILES string of the molecule is Nc1ccc(OCc2ccc(Br)cc2F)c2ccccc12. The molecular formula is C17H13BrFNO. The lowest BCUT2D eigenvalue weighted by atomic mass is 10.1. The number of anilines is 1. The summed E-state index contributed by atoms with van der Waals surface area (Å²) >= 11 is 3.24. The molecule has 3 rings (SSSR count). The highest BCUT2D eigenvalue weighted by Crippen LogP contribution is 2.30. The average molecular weight is 346 g/mol. The van der Waals surface area contributed by atoms with Crippen LogP contribution in [0.4, 0.5) is 10.1 Å². The topological polar surface area (TPSA) is 35.2 Å². The molecule has 0 heterocycles. The van der Waals surface area contributed by atoms with Crippen molar-refractivity contribution in [3.8, 4) is 5.75 Å². The number of rotatable bonds is 3. The molecule has 0 aliphatic rings. The van der Waals surface area contributed by atoms with Crippen molar-refractivity contribution in [3.63, 3.8) is 0 Å². The number of ether oxygens (including phenoxy) is 1. The van der Waals surface area contributed by atoms with Crippen LogP contribution in [0.5, 0.6) is 5.75 Å². The number of benzene rings is 3. The Labute approximate surface area is 130 Å². The molecule has 0 amide bonds. The Bertz CT molecular complexity index is 804. The summed E-state index contributed by atoms with van der Waals surface area (Å²) in [7, 11) is 0. The van der Waals surface area contributed by atoms with Crippen LogP contribution in [0.3, 0.4) is 0 Å². The standard InChI is InChI=1S/C17H13BrFNO/c18-12-6-5-11(15(19)9-12)10-21-17-8-7-16(20)13-3-1-2-4-14(13)17/h1-9H,10,20H2. The van der Waals surface area contributed by atoms with Crippen LogP contribution >= 0.6 is 15.9 Å². The first kappa shape index (κ1) is 13.9. The molecule has 3 aromatic carbocycles. The van der Waals surface area contributed by atoms with Crippen molar-refractivity contribution in [2.75, 3.05) is 5.73 Å². The van der Waals surface area contributed by atoms with Crippen molar-refractivity contribution in [1.29, 1.82) is 0 Å². The number of hydrogen-bond acceptors (Lipinski definition) is 2. The lowest BCUT2D eigenvalue weighted by molar-refractivity contribution is 0.303. The van der Waals surface area contributed by atoms with Crippen molar-refractivity contribution in [1.82, 2.24) is 0 Å². The molecule has 4 heteroatoms. The zero-order chi connectivity index (χ0) is 14.8. The molecule has 21 heavy (non-hydrogen) atoms. The minimum atomic E-state index is -0.288. The molecule has 0 saturated heterocycles. The largest absolute Gasteiger partial charge is 0.488 e. The summed E-state index contributed by atoms with van der Waals surface area (Å²) in [4.78, 5) is 0. The van der Waals surface area contributed by atoms with Gasteiger partial charge in [-0.25, -0.2) is 4.39 Å². The molecule has 0 bridgehead atoms. The van der Waals surface area contributed by atoms with Crippen molar-refractivity contribution in [3.05, 3.63) is 70.5 Å². The molecule has 2 N–H and O–H groups in total. The van der Waals surface area contributed by atoms with E-state index < -0.39 is 0 Å². The Morgan fingerprint density at radius 1 is 1.00 bits per heavy atom. The van der Waals surface area contributed by atoms with Crippen LogP contribution in [-0.2, 0) is 6.61 Å². The van der Waals surface area contributed by atoms with Crippen LogP contribution in [0.25, 0.3) is 10.8 Å². The molecule has 3 aromatic rings. The molecule has 0 unspecified atom stereocenters. The third kappa shape index (κ3) is 2.85. The molecular weight excluding hydrogens is 333 g/mol. The average Bonchev–Trinajstić information content (AvgIpc) is 2.48. The molecule has 0 saturated carbocycles. The third-order valence-corrected chi connectivity index (χ3v) is 3.81. The first-order valence-corrected chi connectivity index (χ1v) is 7.28. The molecule has 0 fully saturated rings. The van der Waals surface area contributed by atoms with Gasteiger partial charge in [0.1, 0.15) is 18.2 Å². The Morgan fingerprint density at radius 2 is 1.76 bits per heavy atom. The quantitative estimate of drug-likeness (QED) is 0.685. The first-order chi connectivity index (χ1) is 10.1. The molecule has 106 valence electrons. The molecule has 0 aliphatic heterocycles. The summed E-state index contributed by atoms with van der Waals surface area (Å²) in [5.74, 6) is 0.409. The lowest BCUT2D eigenvalue weighted by Gasteiger charge is -2.11. The van der Waals surface area contributed by atoms with E-state index in [9.17, 15) is 4.39 Å². The second kappa shape index (κ2) is 5.74. The zero-order valence-corrected chi connectivity index (χ0v) is 12.7. The normalized spacial score (nSPS) is 10.8. The monoisotopic (exact) mass is 345 g/mol. The second-order valence-electron chi connectivity index (χ2n) is 4.72. The van der Waals surface area contributed by atoms with Gasteiger partial charge < -0.3 is 10.5 Å². The van der Waals surface area contributed by atoms with Gasteiger partial charge in [0.2, 0.25) is 0 Å². The molecule has 0 spiro atoms. The fraction of sp³-hybridized carbons (Fsp3) is 0.0588. The summed E-state index contributed by atoms with van der Waals surface area (Å²) in [5, 5.41) is 1.86. The molecule has 0 aromatic heterocycles. The maximum Gasteiger partial charge on any atom is 0.130 e. The summed E-state index contributed by atoms with van der Waals surface area (Å²) in [6, 6.07) is 16.3. The van der Waals surface area contributed by atoms with Crippen molar-refractivity contribution >= 4 is 32.4 Å². The highest BCUT2D eigenvalue weighted by molar-refractivity contribution is 9.10. The first-order valence-electron chi connectivity index (χ1n) is 6.49. The highest BCUT2D eigenvalue weighted by Gasteiger charge is 2.07. The summed E-state index contributed by atoms with van der Waals surface area (Å²) in [5.41, 5.74) is 7.17. The number of nitrogen functional groups attached to an aromatic ring is 1. The van der Waals surface area contributed by atoms with Gasteiger partial charge in [0.15, 0.2) is 0 Å². The van der Waals surface area contributed by atoms with E-state index in [4.69, 9.17) is 10.5 Å². The van der Waals surface area contributed by atoms with E-state index in [0.29, 0.717) is 21.5 Å². The molecule has 2 nitrogen and oxygen atoms in total. The minimum Gasteiger partial charge on any atom is -0.488 e. The van der Waals surface area contributed by atoms with E-state index in [2.05, 4.69) is 15.9 Å². The van der Waals surface area contributed by atoms with Gasteiger partial charge in [0.05, 0.1) is 0 Å². The predicted molar refractivity (Wildman–Crippen MR) is 86.8 cm³/mol. The van der Waals surface area contributed by atoms with Crippen LogP contribution < -0.4 is 10.5 Å². The number of nitrogens with two attached hydrogens (primary N) is 1. The Hall–Kier alpha value is -2.07. The fourth-order valence-corrected chi connectivity index (χ4v) is 2.55. The lowest BCUT2D eigenvalue weighted by Crippen LogP contribution is -1.99. The van der Waals surface area contributed by atoms with Crippen LogP contribution in [0.15, 0.2) is 59.1 Å². The van der Waals surface area contributed by atoms with Gasteiger partial charge in [0, 0.05) is 26.5 Å². The number of halogens is 2. The predicted octanol–water partition coefficient (Wildman–Crippen LogP) is 4.90. The Morgan fingerprint density at radius 3 is 2.52 bits per heavy atom. The van der Waals surface area contributed by atoms with Gasteiger partial charge in [-0.1, -0.05) is 46.3 Å². The Balaban J connectivity index is 1.90. The number of hydrogen-bond donors (Lipinski definition) is 1. The van der Waals surface area contributed by atoms with Crippen LogP contribution in [0.1, 0.15) is 5.56 Å². The molecule has 0 radical (unpaired) electrons. The van der Waals surface area contributed by atoms with Crippen molar-refractivity contribution < 1.29 is 9.13 Å².